The van der Waals surface area contributed by atoms with Crippen molar-refractivity contribution in [1.29, 1.82) is 0 Å². The van der Waals surface area contributed by atoms with Crippen LogP contribution in [-0.4, -0.2) is 30.4 Å². The van der Waals surface area contributed by atoms with Crippen LogP contribution in [0.15, 0.2) is 83.8 Å². The van der Waals surface area contributed by atoms with Gasteiger partial charge in [-0.2, -0.15) is 18.3 Å². The molecule has 0 unspecified atom stereocenters. The van der Waals surface area contributed by atoms with Gasteiger partial charge in [0.25, 0.3) is 5.91 Å². The quantitative estimate of drug-likeness (QED) is 0.358. The highest BCUT2D eigenvalue weighted by atomic mass is 35.5. The minimum absolute atomic E-state index is 0.0546. The Kier molecular flexibility index (Phi) is 6.44. The lowest BCUT2D eigenvalue weighted by Gasteiger charge is -2.10. The van der Waals surface area contributed by atoms with Crippen LogP contribution < -0.4 is 5.32 Å². The molecule has 0 aliphatic rings. The molecule has 0 aliphatic heterocycles. The van der Waals surface area contributed by atoms with Crippen LogP contribution in [0, 0.1) is 0 Å². The fourth-order valence-corrected chi connectivity index (χ4v) is 4.22. The predicted molar refractivity (Wildman–Crippen MR) is 127 cm³/mol. The number of para-hydroxylation sites is 1. The molecule has 11 heteroatoms. The number of amides is 1. The highest BCUT2D eigenvalue weighted by Crippen LogP contribution is 2.34. The lowest BCUT2D eigenvalue weighted by atomic mass is 10.1. The SMILES string of the molecule is CS(=O)(=O)c1cccc(NC(=O)c2ccc(-c3cc(C(F)(F)F)nn3-c3ccccc3Cl)cc2)c1. The molecule has 0 bridgehead atoms. The molecule has 1 N–H and O–H groups in total. The van der Waals surface area contributed by atoms with Gasteiger partial charge < -0.3 is 5.32 Å². The molecule has 1 amide bonds. The Morgan fingerprint density at radius 3 is 2.29 bits per heavy atom. The van der Waals surface area contributed by atoms with E-state index in [0.717, 1.165) is 17.0 Å². The highest BCUT2D eigenvalue weighted by molar-refractivity contribution is 7.90. The Morgan fingerprint density at radius 1 is 0.971 bits per heavy atom. The molecule has 0 atom stereocenters. The Morgan fingerprint density at radius 2 is 1.66 bits per heavy atom. The monoisotopic (exact) mass is 519 g/mol. The zero-order valence-electron chi connectivity index (χ0n) is 18.0. The summed E-state index contributed by atoms with van der Waals surface area (Å²) in [6, 6.07) is 19.0. The number of rotatable bonds is 5. The largest absolute Gasteiger partial charge is 0.435 e. The van der Waals surface area contributed by atoms with Crippen molar-refractivity contribution in [2.24, 2.45) is 0 Å². The summed E-state index contributed by atoms with van der Waals surface area (Å²) in [5.74, 6) is -0.516. The minimum Gasteiger partial charge on any atom is -0.322 e. The van der Waals surface area contributed by atoms with Gasteiger partial charge in [0.2, 0.25) is 0 Å². The number of nitrogens with zero attached hydrogens (tertiary/aromatic N) is 2. The van der Waals surface area contributed by atoms with E-state index in [1.54, 1.807) is 30.3 Å². The zero-order chi connectivity index (χ0) is 25.4. The van der Waals surface area contributed by atoms with E-state index in [1.165, 1.54) is 42.5 Å². The van der Waals surface area contributed by atoms with E-state index in [1.807, 2.05) is 0 Å². The van der Waals surface area contributed by atoms with Crippen molar-refractivity contribution < 1.29 is 26.4 Å². The first-order chi connectivity index (χ1) is 16.4. The summed E-state index contributed by atoms with van der Waals surface area (Å²) in [6.45, 7) is 0. The van der Waals surface area contributed by atoms with Crippen molar-refractivity contribution in [3.05, 3.63) is 95.1 Å². The van der Waals surface area contributed by atoms with Crippen LogP contribution in [0.4, 0.5) is 18.9 Å². The highest BCUT2D eigenvalue weighted by Gasteiger charge is 2.35. The molecule has 0 spiro atoms. The number of carbonyl (C=O) groups is 1. The lowest BCUT2D eigenvalue weighted by molar-refractivity contribution is -0.141. The maximum atomic E-state index is 13.4. The molecular formula is C24H17ClF3N3O3S. The second-order valence-corrected chi connectivity index (χ2v) is 10.0. The van der Waals surface area contributed by atoms with Crippen LogP contribution in [0.3, 0.4) is 0 Å². The summed E-state index contributed by atoms with van der Waals surface area (Å²) >= 11 is 6.19. The molecule has 35 heavy (non-hydrogen) atoms. The van der Waals surface area contributed by atoms with Crippen LogP contribution in [0.25, 0.3) is 16.9 Å². The van der Waals surface area contributed by atoms with Crippen molar-refractivity contribution in [2.75, 3.05) is 11.6 Å². The third kappa shape index (κ3) is 5.39. The fourth-order valence-electron chi connectivity index (χ4n) is 3.33. The fraction of sp³-hybridized carbons (Fsp3) is 0.0833. The first-order valence-electron chi connectivity index (χ1n) is 10.1. The molecule has 3 aromatic carbocycles. The average molecular weight is 520 g/mol. The van der Waals surface area contributed by atoms with Gasteiger partial charge in [-0.1, -0.05) is 41.9 Å². The number of alkyl halides is 3. The third-order valence-corrected chi connectivity index (χ3v) is 6.47. The topological polar surface area (TPSA) is 81.1 Å². The zero-order valence-corrected chi connectivity index (χ0v) is 19.6. The van der Waals surface area contributed by atoms with E-state index in [4.69, 9.17) is 11.6 Å². The second kappa shape index (κ2) is 9.20. The average Bonchev–Trinajstić information content (AvgIpc) is 3.25. The van der Waals surface area contributed by atoms with Gasteiger partial charge in [0, 0.05) is 23.1 Å². The van der Waals surface area contributed by atoms with Crippen molar-refractivity contribution in [2.45, 2.75) is 11.1 Å². The molecule has 1 aromatic heterocycles. The van der Waals surface area contributed by atoms with Gasteiger partial charge >= 0.3 is 6.18 Å². The lowest BCUT2D eigenvalue weighted by Crippen LogP contribution is -2.12. The molecule has 0 saturated carbocycles. The van der Waals surface area contributed by atoms with Crippen LogP contribution in [-0.2, 0) is 16.0 Å². The van der Waals surface area contributed by atoms with E-state index in [2.05, 4.69) is 10.4 Å². The Labute approximate surface area is 203 Å². The second-order valence-electron chi connectivity index (χ2n) is 7.61. The molecule has 0 aliphatic carbocycles. The van der Waals surface area contributed by atoms with Crippen molar-refractivity contribution in [1.82, 2.24) is 9.78 Å². The summed E-state index contributed by atoms with van der Waals surface area (Å²) in [4.78, 5) is 12.7. The predicted octanol–water partition coefficient (Wildman–Crippen LogP) is 5.87. The number of nitrogens with one attached hydrogen (secondary N) is 1. The summed E-state index contributed by atoms with van der Waals surface area (Å²) < 4.78 is 64.7. The maximum Gasteiger partial charge on any atom is 0.435 e. The summed E-state index contributed by atoms with van der Waals surface area (Å²) in [6.07, 6.45) is -3.61. The van der Waals surface area contributed by atoms with E-state index < -0.39 is 27.6 Å². The number of hydrogen-bond donors (Lipinski definition) is 1. The smallest absolute Gasteiger partial charge is 0.322 e. The molecule has 4 rings (SSSR count). The molecule has 1 heterocycles. The van der Waals surface area contributed by atoms with E-state index >= 15 is 0 Å². The van der Waals surface area contributed by atoms with E-state index in [-0.39, 0.29) is 32.6 Å². The summed E-state index contributed by atoms with van der Waals surface area (Å²) in [5.41, 5.74) is 0.209. The first-order valence-corrected chi connectivity index (χ1v) is 12.3. The van der Waals surface area contributed by atoms with Crippen molar-refractivity contribution in [3.63, 3.8) is 0 Å². The molecule has 4 aromatic rings. The molecule has 180 valence electrons. The van der Waals surface area contributed by atoms with Crippen molar-refractivity contribution in [3.8, 4) is 16.9 Å². The Hall–Kier alpha value is -3.63. The number of sulfone groups is 1. The van der Waals surface area contributed by atoms with Gasteiger partial charge in [-0.05, 0) is 48.5 Å². The van der Waals surface area contributed by atoms with Gasteiger partial charge in [-0.25, -0.2) is 13.1 Å². The number of aromatic nitrogens is 2. The van der Waals surface area contributed by atoms with Gasteiger partial charge in [0.05, 0.1) is 21.3 Å². The first kappa shape index (κ1) is 24.5. The number of carbonyl (C=O) groups excluding carboxylic acids is 1. The van der Waals surface area contributed by atoms with E-state index in [0.29, 0.717) is 5.56 Å². The molecule has 0 saturated heterocycles. The standard InChI is InChI=1S/C24H17ClF3N3O3S/c1-35(33,34)18-6-4-5-17(13-18)29-23(32)16-11-9-15(10-12-16)21-14-22(24(26,27)28)30-31(21)20-8-3-2-7-19(20)25/h2-14H,1H3,(H,29,32). The van der Waals surface area contributed by atoms with E-state index in [9.17, 15) is 26.4 Å². The van der Waals surface area contributed by atoms with Gasteiger partial charge in [0.1, 0.15) is 0 Å². The Balaban J connectivity index is 1.66. The number of benzene rings is 3. The van der Waals surface area contributed by atoms with Crippen LogP contribution in [0.2, 0.25) is 5.02 Å². The summed E-state index contributed by atoms with van der Waals surface area (Å²) in [5, 5.41) is 6.54. The Bertz CT molecular complexity index is 1520. The number of hydrogen-bond acceptors (Lipinski definition) is 4. The maximum absolute atomic E-state index is 13.4. The number of halogens is 4. The molecular weight excluding hydrogens is 503 g/mol. The molecule has 6 nitrogen and oxygen atoms in total. The van der Waals surface area contributed by atoms with Gasteiger partial charge in [-0.15, -0.1) is 0 Å². The molecule has 0 fully saturated rings. The van der Waals surface area contributed by atoms with Gasteiger partial charge in [-0.3, -0.25) is 4.79 Å². The number of anilines is 1. The van der Waals surface area contributed by atoms with Crippen molar-refractivity contribution >= 4 is 33.0 Å². The normalized spacial score (nSPS) is 11.9. The summed E-state index contributed by atoms with van der Waals surface area (Å²) in [7, 11) is -3.45. The minimum atomic E-state index is -4.67. The third-order valence-electron chi connectivity index (χ3n) is 5.04. The van der Waals surface area contributed by atoms with Crippen LogP contribution >= 0.6 is 11.6 Å². The molecule has 0 radical (unpaired) electrons. The van der Waals surface area contributed by atoms with Crippen LogP contribution in [0.5, 0.6) is 0 Å². The van der Waals surface area contributed by atoms with Gasteiger partial charge in [0.15, 0.2) is 15.5 Å². The van der Waals surface area contributed by atoms with Crippen LogP contribution in [0.1, 0.15) is 16.1 Å².